The zero-order valence-electron chi connectivity index (χ0n) is 20.9. The molecule has 1 saturated heterocycles. The molecule has 3 atom stereocenters. The fourth-order valence-electron chi connectivity index (χ4n) is 4.79. The molecule has 2 heterocycles. The fraction of sp³-hybridized carbons (Fsp3) is 0.414. The summed E-state index contributed by atoms with van der Waals surface area (Å²) in [5, 5.41) is 19.5. The summed E-state index contributed by atoms with van der Waals surface area (Å²) in [7, 11) is 0. The number of amides is 1. The average molecular weight is 490 g/mol. The van der Waals surface area contributed by atoms with Gasteiger partial charge in [0.15, 0.2) is 0 Å². The number of nitrogens with one attached hydrogen (secondary N) is 3. The zero-order chi connectivity index (χ0) is 25.1. The van der Waals surface area contributed by atoms with Gasteiger partial charge in [0, 0.05) is 30.3 Å². The van der Waals surface area contributed by atoms with Crippen LogP contribution < -0.4 is 20.7 Å². The molecule has 0 radical (unpaired) electrons. The Hall–Kier alpha value is -3.13. The molecule has 190 valence electrons. The van der Waals surface area contributed by atoms with Crippen LogP contribution >= 0.6 is 0 Å². The molecule has 3 aromatic rings. The smallest absolute Gasteiger partial charge is 0.252 e. The van der Waals surface area contributed by atoms with Gasteiger partial charge < -0.3 is 30.2 Å². The molecule has 1 unspecified atom stereocenters. The van der Waals surface area contributed by atoms with Gasteiger partial charge in [-0.25, -0.2) is 0 Å². The molecule has 1 aliphatic heterocycles. The van der Waals surface area contributed by atoms with Crippen molar-refractivity contribution in [1.29, 1.82) is 0 Å². The normalized spacial score (nSPS) is 20.6. The first-order valence-electron chi connectivity index (χ1n) is 12.8. The second-order valence-corrected chi connectivity index (χ2v) is 10.0. The molecule has 1 aliphatic carbocycles. The van der Waals surface area contributed by atoms with Gasteiger partial charge in [0.1, 0.15) is 23.4 Å². The minimum atomic E-state index is -0.189. The Balaban J connectivity index is 1.22. The first kappa shape index (κ1) is 24.6. The van der Waals surface area contributed by atoms with E-state index in [9.17, 15) is 9.90 Å². The Morgan fingerprint density at radius 1 is 1.17 bits per heavy atom. The van der Waals surface area contributed by atoms with Crippen LogP contribution in [0.15, 0.2) is 59.0 Å². The molecular weight excluding hydrogens is 454 g/mol. The summed E-state index contributed by atoms with van der Waals surface area (Å²) < 4.78 is 12.0. The monoisotopic (exact) mass is 489 g/mol. The lowest BCUT2D eigenvalue weighted by Crippen LogP contribution is -2.50. The number of furan rings is 1. The van der Waals surface area contributed by atoms with Gasteiger partial charge >= 0.3 is 0 Å². The van der Waals surface area contributed by atoms with Gasteiger partial charge in [-0.3, -0.25) is 4.79 Å². The number of aliphatic hydroxyl groups is 1. The highest BCUT2D eigenvalue weighted by atomic mass is 16.5. The maximum Gasteiger partial charge on any atom is 0.252 e. The van der Waals surface area contributed by atoms with Crippen LogP contribution in [0.5, 0.6) is 5.75 Å². The van der Waals surface area contributed by atoms with Gasteiger partial charge in [-0.1, -0.05) is 24.3 Å². The number of aryl methyl sites for hydroxylation is 1. The first-order valence-corrected chi connectivity index (χ1v) is 12.8. The maximum atomic E-state index is 13.1. The van der Waals surface area contributed by atoms with Crippen LogP contribution in [0.1, 0.15) is 59.5 Å². The fourth-order valence-corrected chi connectivity index (χ4v) is 4.79. The van der Waals surface area contributed by atoms with Crippen molar-refractivity contribution in [3.05, 3.63) is 77.0 Å². The largest absolute Gasteiger partial charge is 0.488 e. The Morgan fingerprint density at radius 2 is 2.03 bits per heavy atom. The third-order valence-electron chi connectivity index (χ3n) is 7.15. The van der Waals surface area contributed by atoms with E-state index in [0.717, 1.165) is 66.3 Å². The van der Waals surface area contributed by atoms with Crippen molar-refractivity contribution in [3.8, 4) is 17.1 Å². The van der Waals surface area contributed by atoms with Gasteiger partial charge in [-0.05, 0) is 74.6 Å². The molecule has 1 amide bonds. The van der Waals surface area contributed by atoms with Crippen LogP contribution in [-0.4, -0.2) is 42.4 Å². The Bertz CT molecular complexity index is 1200. The van der Waals surface area contributed by atoms with Crippen molar-refractivity contribution in [2.24, 2.45) is 0 Å². The molecule has 0 spiro atoms. The van der Waals surface area contributed by atoms with Gasteiger partial charge in [0.2, 0.25) is 0 Å². The van der Waals surface area contributed by atoms with Crippen molar-refractivity contribution >= 4 is 5.91 Å². The van der Waals surface area contributed by atoms with Crippen molar-refractivity contribution < 1.29 is 19.1 Å². The number of hydrogen-bond acceptors (Lipinski definition) is 6. The maximum absolute atomic E-state index is 13.1. The minimum Gasteiger partial charge on any atom is -0.488 e. The topological polar surface area (TPSA) is 95.8 Å². The predicted octanol–water partition coefficient (Wildman–Crippen LogP) is 4.10. The summed E-state index contributed by atoms with van der Waals surface area (Å²) in [6, 6.07) is 17.9. The molecule has 2 aromatic carbocycles. The van der Waals surface area contributed by atoms with E-state index in [4.69, 9.17) is 9.15 Å². The van der Waals surface area contributed by atoms with E-state index in [2.05, 4.69) is 22.0 Å². The van der Waals surface area contributed by atoms with E-state index in [0.29, 0.717) is 18.2 Å². The summed E-state index contributed by atoms with van der Waals surface area (Å²) >= 11 is 0. The quantitative estimate of drug-likeness (QED) is 0.362. The number of aliphatic hydroxyl groups excluding tert-OH is 1. The Kier molecular flexibility index (Phi) is 7.41. The average Bonchev–Trinajstić information content (AvgIpc) is 3.50. The van der Waals surface area contributed by atoms with Crippen molar-refractivity contribution in [2.75, 3.05) is 13.1 Å². The van der Waals surface area contributed by atoms with Crippen molar-refractivity contribution in [1.82, 2.24) is 16.0 Å². The number of hydrogen-bond donors (Lipinski definition) is 4. The Labute approximate surface area is 212 Å². The number of ether oxygens (including phenoxy) is 1. The molecule has 4 N–H and O–H groups in total. The summed E-state index contributed by atoms with van der Waals surface area (Å²) in [6.45, 7) is 6.23. The minimum absolute atomic E-state index is 0.119. The highest BCUT2D eigenvalue weighted by Crippen LogP contribution is 2.27. The number of carbonyl (C=O) groups is 1. The predicted molar refractivity (Wildman–Crippen MR) is 139 cm³/mol. The molecule has 0 bridgehead atoms. The molecule has 1 saturated carbocycles. The van der Waals surface area contributed by atoms with Gasteiger partial charge in [0.25, 0.3) is 5.91 Å². The lowest BCUT2D eigenvalue weighted by Gasteiger charge is -2.28. The highest BCUT2D eigenvalue weighted by Gasteiger charge is 2.23. The molecule has 2 fully saturated rings. The Morgan fingerprint density at radius 3 is 2.78 bits per heavy atom. The molecule has 2 aliphatic rings. The molecule has 36 heavy (non-hydrogen) atoms. The molecule has 5 rings (SSSR count). The van der Waals surface area contributed by atoms with Crippen molar-refractivity contribution in [3.63, 3.8) is 0 Å². The van der Waals surface area contributed by atoms with E-state index in [-0.39, 0.29) is 24.2 Å². The van der Waals surface area contributed by atoms with Gasteiger partial charge in [0.05, 0.1) is 18.7 Å². The SMILES string of the molecule is Cc1ccc(OC2CNC2)cc1C(=O)NC(C)c1cccc(-c2ccc(CN[C@H]3CC[C@@H](O)C3)o2)c1. The summed E-state index contributed by atoms with van der Waals surface area (Å²) in [5.74, 6) is 2.27. The van der Waals surface area contributed by atoms with Crippen LogP contribution in [0, 0.1) is 6.92 Å². The molecule has 1 aromatic heterocycles. The van der Waals surface area contributed by atoms with Gasteiger partial charge in [-0.2, -0.15) is 0 Å². The summed E-state index contributed by atoms with van der Waals surface area (Å²) in [4.78, 5) is 13.1. The number of rotatable bonds is 9. The van der Waals surface area contributed by atoms with Crippen LogP contribution in [0.4, 0.5) is 0 Å². The molecule has 7 nitrogen and oxygen atoms in total. The number of carbonyl (C=O) groups excluding carboxylic acids is 1. The van der Waals surface area contributed by atoms with Crippen LogP contribution in [0.3, 0.4) is 0 Å². The highest BCUT2D eigenvalue weighted by molar-refractivity contribution is 5.96. The van der Waals surface area contributed by atoms with Gasteiger partial charge in [-0.15, -0.1) is 0 Å². The lowest BCUT2D eigenvalue weighted by atomic mass is 10.0. The van der Waals surface area contributed by atoms with Crippen molar-refractivity contribution in [2.45, 2.75) is 63.9 Å². The van der Waals surface area contributed by atoms with E-state index in [1.54, 1.807) is 0 Å². The van der Waals surface area contributed by atoms with E-state index in [1.807, 2.05) is 62.4 Å². The summed E-state index contributed by atoms with van der Waals surface area (Å²) in [6.07, 6.45) is 2.63. The van der Waals surface area contributed by atoms with Crippen LogP contribution in [0.2, 0.25) is 0 Å². The van der Waals surface area contributed by atoms with Crippen LogP contribution in [-0.2, 0) is 6.54 Å². The number of benzene rings is 2. The second kappa shape index (κ2) is 10.9. The summed E-state index contributed by atoms with van der Waals surface area (Å²) in [5.41, 5.74) is 3.51. The van der Waals surface area contributed by atoms with E-state index < -0.39 is 0 Å². The van der Waals surface area contributed by atoms with Crippen LogP contribution in [0.25, 0.3) is 11.3 Å². The lowest BCUT2D eigenvalue weighted by molar-refractivity contribution is 0.0937. The zero-order valence-corrected chi connectivity index (χ0v) is 20.9. The molecular formula is C29H35N3O4. The second-order valence-electron chi connectivity index (χ2n) is 10.0. The third kappa shape index (κ3) is 5.81. The first-order chi connectivity index (χ1) is 17.4. The standard InChI is InChI=1S/C29H35N3O4/c1-18-6-9-24(35-26-15-30-16-26)14-27(18)29(34)32-19(2)20-4-3-5-21(12-20)28-11-10-25(36-28)17-31-22-7-8-23(33)13-22/h3-6,9-12,14,19,22-23,26,30-31,33H,7-8,13,15-17H2,1-2H3,(H,32,34)/t19?,22-,23+/m0/s1. The molecule has 7 heteroatoms. The third-order valence-corrected chi connectivity index (χ3v) is 7.15. The van der Waals surface area contributed by atoms with E-state index in [1.165, 1.54) is 0 Å². The van der Waals surface area contributed by atoms with E-state index >= 15 is 0 Å².